The van der Waals surface area contributed by atoms with Crippen LogP contribution >= 0.6 is 0 Å². The maximum absolute atomic E-state index is 10.9. The van der Waals surface area contributed by atoms with E-state index in [1.165, 1.54) is 5.57 Å². The van der Waals surface area contributed by atoms with Crippen molar-refractivity contribution in [2.45, 2.75) is 152 Å². The van der Waals surface area contributed by atoms with Crippen LogP contribution in [0.15, 0.2) is 11.6 Å². The number of fused-ring (bicyclic) bond motifs is 7. The highest BCUT2D eigenvalue weighted by Gasteiger charge is 2.71. The second kappa shape index (κ2) is 13.4. The van der Waals surface area contributed by atoms with Crippen molar-refractivity contribution < 1.29 is 69.3 Å². The molecule has 8 rings (SSSR count). The monoisotopic (exact) mass is 740 g/mol. The van der Waals surface area contributed by atoms with Gasteiger partial charge in [-0.1, -0.05) is 39.3 Å². The van der Waals surface area contributed by atoms with Gasteiger partial charge in [0.2, 0.25) is 0 Å². The molecule has 4 saturated heterocycles. The molecule has 8 N–H and O–H groups in total. The predicted molar refractivity (Wildman–Crippen MR) is 180 cm³/mol. The predicted octanol–water partition coefficient (Wildman–Crippen LogP) is -0.0554. The maximum Gasteiger partial charge on any atom is 0.186 e. The lowest BCUT2D eigenvalue weighted by Gasteiger charge is -2.60. The minimum Gasteiger partial charge on any atom is -0.394 e. The van der Waals surface area contributed by atoms with Crippen LogP contribution in [0.4, 0.5) is 0 Å². The molecule has 0 radical (unpaired) electrons. The van der Waals surface area contributed by atoms with Crippen LogP contribution in [0.1, 0.15) is 72.6 Å². The summed E-state index contributed by atoms with van der Waals surface area (Å²) in [4.78, 5) is 0. The maximum atomic E-state index is 10.9. The Morgan fingerprint density at radius 2 is 1.65 bits per heavy atom. The quantitative estimate of drug-likeness (QED) is 0.168. The molecule has 2 unspecified atom stereocenters. The zero-order valence-corrected chi connectivity index (χ0v) is 30.7. The van der Waals surface area contributed by atoms with E-state index in [0.717, 1.165) is 25.7 Å². The molecule has 7 fully saturated rings. The fourth-order valence-corrected chi connectivity index (χ4v) is 12.6. The minimum absolute atomic E-state index is 0.0130. The first kappa shape index (κ1) is 38.1. The second-order valence-corrected chi connectivity index (χ2v) is 18.4. The Bertz CT molecular complexity index is 1360. The van der Waals surface area contributed by atoms with Gasteiger partial charge in [0.1, 0.15) is 42.7 Å². The van der Waals surface area contributed by atoms with E-state index in [-0.39, 0.29) is 42.5 Å². The smallest absolute Gasteiger partial charge is 0.186 e. The Balaban J connectivity index is 0.965. The molecule has 0 aromatic carbocycles. The summed E-state index contributed by atoms with van der Waals surface area (Å²) in [5.74, 6) is 0.668. The minimum atomic E-state index is -1.50. The van der Waals surface area contributed by atoms with Crippen molar-refractivity contribution in [3.05, 3.63) is 11.6 Å². The molecule has 0 bridgehead atoms. The lowest BCUT2D eigenvalue weighted by molar-refractivity contribution is -0.305. The van der Waals surface area contributed by atoms with Gasteiger partial charge in [-0.05, 0) is 61.2 Å². The first-order valence-corrected chi connectivity index (χ1v) is 19.5. The zero-order chi connectivity index (χ0) is 37.1. The SMILES string of the molecule is C[C@H]1[C@H]2C(C[C@H]3[C@@H]4CC=C5C[C@@H](O)C[C@@H](O[C@@H]6OC[C@H](O)[C@H](O)[C@H]6O)[C@]5(C)[C@H]4CC[C@]23C)O[C@]12C[C@@](C)(COC1O[C@H](CO)[C@@H](O)[C@H](O)[C@H]1O)CO2. The van der Waals surface area contributed by atoms with Crippen LogP contribution in [0.2, 0.25) is 0 Å². The number of hydrogen-bond acceptors (Lipinski definition) is 14. The molecule has 296 valence electrons. The summed E-state index contributed by atoms with van der Waals surface area (Å²) >= 11 is 0. The number of aliphatic hydroxyl groups is 8. The molecule has 4 aliphatic heterocycles. The lowest BCUT2D eigenvalue weighted by atomic mass is 9.46. The van der Waals surface area contributed by atoms with Gasteiger partial charge in [0.15, 0.2) is 18.4 Å². The number of ether oxygens (including phenoxy) is 6. The highest BCUT2D eigenvalue weighted by molar-refractivity contribution is 5.29. The van der Waals surface area contributed by atoms with Crippen molar-refractivity contribution in [1.29, 1.82) is 0 Å². The van der Waals surface area contributed by atoms with Crippen LogP contribution in [-0.4, -0.2) is 147 Å². The molecular formula is C38H60O14. The molecule has 0 amide bonds. The van der Waals surface area contributed by atoms with Gasteiger partial charge < -0.3 is 69.3 Å². The summed E-state index contributed by atoms with van der Waals surface area (Å²) in [5, 5.41) is 82.5. The third kappa shape index (κ3) is 5.73. The van der Waals surface area contributed by atoms with Crippen molar-refractivity contribution in [2.75, 3.05) is 26.4 Å². The van der Waals surface area contributed by atoms with Crippen molar-refractivity contribution >= 4 is 0 Å². The van der Waals surface area contributed by atoms with Gasteiger partial charge >= 0.3 is 0 Å². The molecule has 3 saturated carbocycles. The van der Waals surface area contributed by atoms with Gasteiger partial charge in [-0.15, -0.1) is 0 Å². The van der Waals surface area contributed by atoms with Crippen LogP contribution in [0.5, 0.6) is 0 Å². The number of aliphatic hydroxyl groups excluding tert-OH is 8. The van der Waals surface area contributed by atoms with Gasteiger partial charge in [0.25, 0.3) is 0 Å². The normalized spacial score (nSPS) is 58.7. The molecule has 1 spiro atoms. The van der Waals surface area contributed by atoms with E-state index in [1.807, 2.05) is 0 Å². The van der Waals surface area contributed by atoms with Crippen molar-refractivity contribution in [2.24, 2.45) is 45.8 Å². The van der Waals surface area contributed by atoms with E-state index in [2.05, 4.69) is 33.8 Å². The third-order valence-corrected chi connectivity index (χ3v) is 15.4. The van der Waals surface area contributed by atoms with Gasteiger partial charge in [-0.25, -0.2) is 0 Å². The zero-order valence-electron chi connectivity index (χ0n) is 30.7. The molecule has 14 nitrogen and oxygen atoms in total. The molecule has 0 aromatic heterocycles. The van der Waals surface area contributed by atoms with E-state index >= 15 is 0 Å². The Labute approximate surface area is 305 Å². The van der Waals surface area contributed by atoms with Crippen molar-refractivity contribution in [3.63, 3.8) is 0 Å². The van der Waals surface area contributed by atoms with Crippen LogP contribution in [0, 0.1) is 45.8 Å². The fraction of sp³-hybridized carbons (Fsp3) is 0.947. The van der Waals surface area contributed by atoms with E-state index in [4.69, 9.17) is 28.4 Å². The van der Waals surface area contributed by atoms with E-state index in [0.29, 0.717) is 37.7 Å². The van der Waals surface area contributed by atoms with Crippen molar-refractivity contribution in [3.8, 4) is 0 Å². The van der Waals surface area contributed by atoms with Crippen LogP contribution in [-0.2, 0) is 28.4 Å². The Kier molecular flexibility index (Phi) is 9.81. The summed E-state index contributed by atoms with van der Waals surface area (Å²) in [6, 6.07) is 0. The summed E-state index contributed by atoms with van der Waals surface area (Å²) in [6.07, 6.45) is -4.99. The van der Waals surface area contributed by atoms with Gasteiger partial charge in [0, 0.05) is 29.6 Å². The van der Waals surface area contributed by atoms with Crippen molar-refractivity contribution in [1.82, 2.24) is 0 Å². The summed E-state index contributed by atoms with van der Waals surface area (Å²) in [6.45, 7) is 8.88. The topological polar surface area (TPSA) is 217 Å². The Morgan fingerprint density at radius 1 is 0.904 bits per heavy atom. The first-order chi connectivity index (χ1) is 24.5. The number of hydrogen-bond donors (Lipinski definition) is 8. The molecule has 8 aliphatic rings. The molecule has 4 aliphatic carbocycles. The largest absolute Gasteiger partial charge is 0.394 e. The molecule has 52 heavy (non-hydrogen) atoms. The highest BCUT2D eigenvalue weighted by Crippen LogP contribution is 2.71. The first-order valence-electron chi connectivity index (χ1n) is 19.5. The van der Waals surface area contributed by atoms with Crippen LogP contribution < -0.4 is 0 Å². The highest BCUT2D eigenvalue weighted by atomic mass is 16.7. The number of allylic oxidation sites excluding steroid dienone is 1. The molecule has 14 heteroatoms. The average Bonchev–Trinajstić information content (AvgIpc) is 3.70. The molecule has 4 heterocycles. The van der Waals surface area contributed by atoms with Gasteiger partial charge in [0.05, 0.1) is 44.7 Å². The second-order valence-electron chi connectivity index (χ2n) is 18.4. The van der Waals surface area contributed by atoms with Crippen LogP contribution in [0.3, 0.4) is 0 Å². The summed E-state index contributed by atoms with van der Waals surface area (Å²) in [7, 11) is 0. The van der Waals surface area contributed by atoms with Gasteiger partial charge in [-0.2, -0.15) is 0 Å². The molecule has 21 atom stereocenters. The van der Waals surface area contributed by atoms with E-state index in [9.17, 15) is 40.9 Å². The average molecular weight is 741 g/mol. The number of rotatable bonds is 6. The molecule has 0 aromatic rings. The van der Waals surface area contributed by atoms with Crippen LogP contribution in [0.25, 0.3) is 0 Å². The van der Waals surface area contributed by atoms with E-state index in [1.54, 1.807) is 0 Å². The van der Waals surface area contributed by atoms with Gasteiger partial charge in [-0.3, -0.25) is 0 Å². The molecular weight excluding hydrogens is 680 g/mol. The standard InChI is InChI=1S/C38H60O14/c1-17-27-24(52-38(17)14-35(2,16-49-38)15-48-34-32(46)30(44)29(43)25(12-39)50-34)11-22-20-6-5-18-9-19(40)10-26(37(18,4)21(20)7-8-36(22,27)3)51-33-31(45)28(42)23(41)13-47-33/h5,17,19-34,39-46H,6-16H2,1-4H3/t17-,19+,20+,21-,22-,23-,24?,25+,26+,27-,28-,29+,30-,31+,32+,33-,34?,35-,36-,37-,38+/m0/s1. The lowest BCUT2D eigenvalue weighted by Crippen LogP contribution is -2.60. The van der Waals surface area contributed by atoms with E-state index < -0.39 is 90.7 Å². The Morgan fingerprint density at radius 3 is 2.40 bits per heavy atom. The third-order valence-electron chi connectivity index (χ3n) is 15.4. The summed E-state index contributed by atoms with van der Waals surface area (Å²) < 4.78 is 37.4. The summed E-state index contributed by atoms with van der Waals surface area (Å²) in [5.41, 5.74) is 0.348. The fourth-order valence-electron chi connectivity index (χ4n) is 12.6. The Hall–Kier alpha value is -0.820.